The monoisotopic (exact) mass is 292 g/mol. The van der Waals surface area contributed by atoms with Crippen LogP contribution in [0.2, 0.25) is 0 Å². The Labute approximate surface area is 123 Å². The average molecular weight is 292 g/mol. The lowest BCUT2D eigenvalue weighted by Gasteiger charge is -2.25. The van der Waals surface area contributed by atoms with E-state index >= 15 is 0 Å². The zero-order chi connectivity index (χ0) is 15.4. The summed E-state index contributed by atoms with van der Waals surface area (Å²) < 4.78 is 1.71. The molecule has 0 saturated carbocycles. The zero-order valence-corrected chi connectivity index (χ0v) is 12.1. The van der Waals surface area contributed by atoms with E-state index in [0.29, 0.717) is 13.1 Å². The van der Waals surface area contributed by atoms with Crippen molar-refractivity contribution >= 4 is 11.8 Å². The summed E-state index contributed by atoms with van der Waals surface area (Å²) in [6.45, 7) is 6.46. The first-order chi connectivity index (χ1) is 10.0. The van der Waals surface area contributed by atoms with Crippen LogP contribution in [0.3, 0.4) is 0 Å². The third-order valence-corrected chi connectivity index (χ3v) is 3.63. The van der Waals surface area contributed by atoms with Gasteiger partial charge in [0.2, 0.25) is 11.8 Å². The Morgan fingerprint density at radius 1 is 1.38 bits per heavy atom. The minimum absolute atomic E-state index is 0.0973. The molecule has 114 valence electrons. The van der Waals surface area contributed by atoms with Gasteiger partial charge in [0.25, 0.3) is 0 Å². The number of aliphatic hydroxyl groups excluding tert-OH is 1. The van der Waals surface area contributed by atoms with Gasteiger partial charge in [-0.25, -0.2) is 4.98 Å². The van der Waals surface area contributed by atoms with Crippen molar-refractivity contribution in [1.82, 2.24) is 19.4 Å². The zero-order valence-electron chi connectivity index (χ0n) is 12.1. The maximum Gasteiger partial charge on any atom is 0.246 e. The Bertz CT molecular complexity index is 514. The number of β-amino-alcohol motifs (C(OH)–C–C–N with tert-alkyl or cyclic N) is 1. The standard InChI is InChI=1S/C14H20N4O3/c1-3-13(20)16-6-7-17(9-12(19)8-16)14(21)11(2)18-5-4-15-10-18/h3-5,10-12,19H,1,6-9H2,2H3. The van der Waals surface area contributed by atoms with Crippen LogP contribution < -0.4 is 0 Å². The summed E-state index contributed by atoms with van der Waals surface area (Å²) in [5.41, 5.74) is 0. The fourth-order valence-electron chi connectivity index (χ4n) is 2.41. The molecule has 21 heavy (non-hydrogen) atoms. The number of rotatable bonds is 3. The number of aliphatic hydroxyl groups is 1. The summed E-state index contributed by atoms with van der Waals surface area (Å²) in [4.78, 5) is 31.2. The second-order valence-electron chi connectivity index (χ2n) is 5.11. The molecule has 2 rings (SSSR count). The van der Waals surface area contributed by atoms with E-state index in [1.54, 1.807) is 35.1 Å². The van der Waals surface area contributed by atoms with Crippen LogP contribution in [0.5, 0.6) is 0 Å². The first-order valence-corrected chi connectivity index (χ1v) is 6.88. The summed E-state index contributed by atoms with van der Waals surface area (Å²) in [7, 11) is 0. The van der Waals surface area contributed by atoms with Crippen molar-refractivity contribution in [1.29, 1.82) is 0 Å². The van der Waals surface area contributed by atoms with Crippen molar-refractivity contribution in [2.24, 2.45) is 0 Å². The van der Waals surface area contributed by atoms with E-state index in [2.05, 4.69) is 11.6 Å². The molecular formula is C14H20N4O3. The molecule has 1 saturated heterocycles. The maximum absolute atomic E-state index is 12.5. The Kier molecular flexibility index (Phi) is 4.74. The van der Waals surface area contributed by atoms with E-state index in [-0.39, 0.29) is 30.9 Å². The predicted molar refractivity (Wildman–Crippen MR) is 76.3 cm³/mol. The average Bonchev–Trinajstić information content (AvgIpc) is 2.94. The van der Waals surface area contributed by atoms with Crippen molar-refractivity contribution in [2.45, 2.75) is 19.1 Å². The fourth-order valence-corrected chi connectivity index (χ4v) is 2.41. The van der Waals surface area contributed by atoms with Gasteiger partial charge in [-0.3, -0.25) is 9.59 Å². The van der Waals surface area contributed by atoms with Gasteiger partial charge < -0.3 is 19.5 Å². The van der Waals surface area contributed by atoms with Crippen LogP contribution in [-0.4, -0.2) is 68.6 Å². The SMILES string of the molecule is C=CC(=O)N1CCN(C(=O)C(C)n2ccnc2)CC(O)C1. The smallest absolute Gasteiger partial charge is 0.246 e. The van der Waals surface area contributed by atoms with E-state index in [0.717, 1.165) is 0 Å². The summed E-state index contributed by atoms with van der Waals surface area (Å²) in [5.74, 6) is -0.328. The lowest BCUT2D eigenvalue weighted by atomic mass is 10.2. The second kappa shape index (κ2) is 6.53. The number of carbonyl (C=O) groups excluding carboxylic acids is 2. The summed E-state index contributed by atoms with van der Waals surface area (Å²) >= 11 is 0. The van der Waals surface area contributed by atoms with Crippen LogP contribution in [0.15, 0.2) is 31.4 Å². The Morgan fingerprint density at radius 2 is 2.05 bits per heavy atom. The van der Waals surface area contributed by atoms with Gasteiger partial charge in [-0.05, 0) is 13.0 Å². The molecule has 0 aliphatic carbocycles. The molecule has 1 fully saturated rings. The molecule has 7 heteroatoms. The van der Waals surface area contributed by atoms with Gasteiger partial charge in [0.1, 0.15) is 6.04 Å². The number of hydrogen-bond acceptors (Lipinski definition) is 4. The van der Waals surface area contributed by atoms with Crippen LogP contribution in [0.25, 0.3) is 0 Å². The summed E-state index contributed by atoms with van der Waals surface area (Å²) in [6.07, 6.45) is 5.40. The van der Waals surface area contributed by atoms with Gasteiger partial charge in [0, 0.05) is 38.6 Å². The molecule has 0 aromatic carbocycles. The van der Waals surface area contributed by atoms with Gasteiger partial charge >= 0.3 is 0 Å². The van der Waals surface area contributed by atoms with Crippen LogP contribution >= 0.6 is 0 Å². The lowest BCUT2D eigenvalue weighted by molar-refractivity contribution is -0.135. The van der Waals surface area contributed by atoms with E-state index in [4.69, 9.17) is 0 Å². The van der Waals surface area contributed by atoms with Gasteiger partial charge in [0.05, 0.1) is 12.4 Å². The lowest BCUT2D eigenvalue weighted by Crippen LogP contribution is -2.41. The van der Waals surface area contributed by atoms with E-state index < -0.39 is 6.10 Å². The molecule has 1 aliphatic heterocycles. The highest BCUT2D eigenvalue weighted by molar-refractivity contribution is 5.87. The molecule has 2 amide bonds. The summed E-state index contributed by atoms with van der Waals surface area (Å²) in [6, 6.07) is -0.388. The van der Waals surface area contributed by atoms with Crippen molar-refractivity contribution in [3.63, 3.8) is 0 Å². The molecular weight excluding hydrogens is 272 g/mol. The quantitative estimate of drug-likeness (QED) is 0.773. The number of aromatic nitrogens is 2. The van der Waals surface area contributed by atoms with Crippen molar-refractivity contribution in [3.8, 4) is 0 Å². The Morgan fingerprint density at radius 3 is 2.67 bits per heavy atom. The highest BCUT2D eigenvalue weighted by atomic mass is 16.3. The third-order valence-electron chi connectivity index (χ3n) is 3.63. The van der Waals surface area contributed by atoms with Crippen molar-refractivity contribution < 1.29 is 14.7 Å². The fraction of sp³-hybridized carbons (Fsp3) is 0.500. The molecule has 2 unspecified atom stereocenters. The normalized spacial score (nSPS) is 20.8. The molecule has 0 radical (unpaired) electrons. The number of hydrogen-bond donors (Lipinski definition) is 1. The molecule has 0 bridgehead atoms. The minimum atomic E-state index is -0.754. The number of nitrogens with zero attached hydrogens (tertiary/aromatic N) is 4. The van der Waals surface area contributed by atoms with Crippen LogP contribution in [-0.2, 0) is 9.59 Å². The van der Waals surface area contributed by atoms with Crippen LogP contribution in [0, 0.1) is 0 Å². The second-order valence-corrected chi connectivity index (χ2v) is 5.11. The van der Waals surface area contributed by atoms with Gasteiger partial charge in [-0.15, -0.1) is 0 Å². The van der Waals surface area contributed by atoms with E-state index in [9.17, 15) is 14.7 Å². The molecule has 0 spiro atoms. The number of imidazole rings is 1. The molecule has 1 aromatic rings. The highest BCUT2D eigenvalue weighted by Crippen LogP contribution is 2.13. The minimum Gasteiger partial charge on any atom is -0.389 e. The topological polar surface area (TPSA) is 78.7 Å². The van der Waals surface area contributed by atoms with Crippen molar-refractivity contribution in [2.75, 3.05) is 26.2 Å². The first kappa shape index (κ1) is 15.2. The maximum atomic E-state index is 12.5. The third kappa shape index (κ3) is 3.49. The number of carbonyl (C=O) groups is 2. The number of amides is 2. The predicted octanol–water partition coefficient (Wildman–Crippen LogP) is -0.338. The van der Waals surface area contributed by atoms with Crippen molar-refractivity contribution in [3.05, 3.63) is 31.4 Å². The molecule has 1 aliphatic rings. The molecule has 2 atom stereocenters. The largest absolute Gasteiger partial charge is 0.389 e. The van der Waals surface area contributed by atoms with E-state index in [1.807, 2.05) is 0 Å². The molecule has 7 nitrogen and oxygen atoms in total. The van der Waals surface area contributed by atoms with E-state index in [1.165, 1.54) is 11.0 Å². The van der Waals surface area contributed by atoms with Gasteiger partial charge in [0.15, 0.2) is 0 Å². The first-order valence-electron chi connectivity index (χ1n) is 6.88. The molecule has 1 aromatic heterocycles. The molecule has 1 N–H and O–H groups in total. The van der Waals surface area contributed by atoms with Gasteiger partial charge in [-0.2, -0.15) is 0 Å². The Balaban J connectivity index is 2.05. The van der Waals surface area contributed by atoms with Gasteiger partial charge in [-0.1, -0.05) is 6.58 Å². The summed E-state index contributed by atoms with van der Waals surface area (Å²) in [5, 5.41) is 9.99. The van der Waals surface area contributed by atoms with Crippen LogP contribution in [0.1, 0.15) is 13.0 Å². The highest BCUT2D eigenvalue weighted by Gasteiger charge is 2.28. The van der Waals surface area contributed by atoms with Crippen LogP contribution in [0.4, 0.5) is 0 Å². The molecule has 2 heterocycles. The Hall–Kier alpha value is -2.15.